The summed E-state index contributed by atoms with van der Waals surface area (Å²) in [6.45, 7) is 2.55. The molecule has 104 valence electrons. The molecular weight excluding hydrogens is 250 g/mol. The van der Waals surface area contributed by atoms with Gasteiger partial charge in [0.2, 0.25) is 0 Å². The fourth-order valence-corrected chi connectivity index (χ4v) is 2.18. The Balaban J connectivity index is 2.51. The van der Waals surface area contributed by atoms with Gasteiger partial charge in [-0.2, -0.15) is 0 Å². The maximum Gasteiger partial charge on any atom is 0.132 e. The Kier molecular flexibility index (Phi) is 4.31. The summed E-state index contributed by atoms with van der Waals surface area (Å²) < 4.78 is 7.14. The van der Waals surface area contributed by atoms with Crippen LogP contribution >= 0.6 is 0 Å². The van der Waals surface area contributed by atoms with Gasteiger partial charge in [-0.3, -0.25) is 0 Å². The highest BCUT2D eigenvalue weighted by Gasteiger charge is 2.15. The number of aryl methyl sites for hydroxylation is 1. The van der Waals surface area contributed by atoms with E-state index in [0.717, 1.165) is 35.7 Å². The molecule has 20 heavy (non-hydrogen) atoms. The van der Waals surface area contributed by atoms with Crippen LogP contribution < -0.4 is 10.5 Å². The Morgan fingerprint density at radius 1 is 1.45 bits per heavy atom. The number of nitrogens with zero attached hydrogens (tertiary/aromatic N) is 2. The van der Waals surface area contributed by atoms with Crippen LogP contribution in [0.4, 0.5) is 5.82 Å². The zero-order valence-corrected chi connectivity index (χ0v) is 11.9. The number of methoxy groups -OCH3 is 1. The summed E-state index contributed by atoms with van der Waals surface area (Å²) in [4.78, 5) is 4.65. The van der Waals surface area contributed by atoms with Gasteiger partial charge in [-0.05, 0) is 18.6 Å². The van der Waals surface area contributed by atoms with Crippen LogP contribution in [0, 0.1) is 12.3 Å². The van der Waals surface area contributed by atoms with Crippen molar-refractivity contribution in [1.29, 1.82) is 0 Å². The van der Waals surface area contributed by atoms with E-state index in [9.17, 15) is 0 Å². The highest BCUT2D eigenvalue weighted by molar-refractivity contribution is 5.72. The van der Waals surface area contributed by atoms with Crippen molar-refractivity contribution in [1.82, 2.24) is 9.55 Å². The van der Waals surface area contributed by atoms with Crippen molar-refractivity contribution in [2.75, 3.05) is 12.8 Å². The minimum absolute atomic E-state index is 0.443. The molecule has 0 aliphatic rings. The van der Waals surface area contributed by atoms with E-state index in [2.05, 4.69) is 17.8 Å². The van der Waals surface area contributed by atoms with Crippen LogP contribution in [-0.4, -0.2) is 16.7 Å². The van der Waals surface area contributed by atoms with Gasteiger partial charge in [0.1, 0.15) is 23.1 Å². The standard InChI is InChI=1S/C16H19N3O/c1-4-7-14-18-15(16(17)19(14)10-5-2)12-8-6-9-13(11-12)20-3/h2,6,8-9,11H,4,7,10,17H2,1,3H3. The number of nitrogens with two attached hydrogens (primary N) is 1. The molecule has 2 aromatic rings. The average molecular weight is 269 g/mol. The second-order valence-corrected chi connectivity index (χ2v) is 4.53. The lowest BCUT2D eigenvalue weighted by Crippen LogP contribution is -2.06. The predicted molar refractivity (Wildman–Crippen MR) is 81.5 cm³/mol. The second kappa shape index (κ2) is 6.16. The Bertz CT molecular complexity index is 638. The second-order valence-electron chi connectivity index (χ2n) is 4.53. The van der Waals surface area contributed by atoms with Crippen LogP contribution in [0.25, 0.3) is 11.3 Å². The van der Waals surface area contributed by atoms with E-state index >= 15 is 0 Å². The molecule has 0 amide bonds. The number of hydrogen-bond donors (Lipinski definition) is 1. The molecule has 0 saturated heterocycles. The van der Waals surface area contributed by atoms with E-state index < -0.39 is 0 Å². The monoisotopic (exact) mass is 269 g/mol. The molecule has 2 N–H and O–H groups in total. The number of ether oxygens (including phenoxy) is 1. The number of hydrogen-bond acceptors (Lipinski definition) is 3. The molecule has 1 aromatic carbocycles. The number of anilines is 1. The van der Waals surface area contributed by atoms with Crippen LogP contribution in [0.3, 0.4) is 0 Å². The van der Waals surface area contributed by atoms with Crippen molar-refractivity contribution in [2.45, 2.75) is 26.3 Å². The van der Waals surface area contributed by atoms with Crippen molar-refractivity contribution in [3.05, 3.63) is 30.1 Å². The minimum Gasteiger partial charge on any atom is -0.497 e. The molecular formula is C16H19N3O. The average Bonchev–Trinajstić information content (AvgIpc) is 2.77. The lowest BCUT2D eigenvalue weighted by atomic mass is 10.1. The zero-order valence-electron chi connectivity index (χ0n) is 11.9. The van der Waals surface area contributed by atoms with E-state index in [1.807, 2.05) is 28.8 Å². The zero-order chi connectivity index (χ0) is 14.5. The van der Waals surface area contributed by atoms with Crippen molar-refractivity contribution in [3.63, 3.8) is 0 Å². The van der Waals surface area contributed by atoms with E-state index in [1.165, 1.54) is 0 Å². The Morgan fingerprint density at radius 3 is 2.90 bits per heavy atom. The van der Waals surface area contributed by atoms with Gasteiger partial charge >= 0.3 is 0 Å². The molecule has 0 spiro atoms. The molecule has 0 aliphatic heterocycles. The van der Waals surface area contributed by atoms with Gasteiger partial charge in [0, 0.05) is 12.0 Å². The normalized spacial score (nSPS) is 10.2. The molecule has 0 saturated carbocycles. The van der Waals surface area contributed by atoms with E-state index in [0.29, 0.717) is 12.4 Å². The van der Waals surface area contributed by atoms with Gasteiger partial charge in [-0.25, -0.2) is 4.98 Å². The number of terminal acetylenes is 1. The van der Waals surface area contributed by atoms with Gasteiger partial charge in [0.15, 0.2) is 0 Å². The third kappa shape index (κ3) is 2.62. The summed E-state index contributed by atoms with van der Waals surface area (Å²) in [5.41, 5.74) is 7.91. The van der Waals surface area contributed by atoms with Crippen LogP contribution in [0.1, 0.15) is 19.2 Å². The number of benzene rings is 1. The first kappa shape index (κ1) is 14.0. The molecule has 0 atom stereocenters. The van der Waals surface area contributed by atoms with Gasteiger partial charge < -0.3 is 15.0 Å². The largest absolute Gasteiger partial charge is 0.497 e. The highest BCUT2D eigenvalue weighted by atomic mass is 16.5. The fourth-order valence-electron chi connectivity index (χ4n) is 2.18. The van der Waals surface area contributed by atoms with Gasteiger partial charge in [-0.15, -0.1) is 6.42 Å². The molecule has 0 unspecified atom stereocenters. The third-order valence-electron chi connectivity index (χ3n) is 3.15. The van der Waals surface area contributed by atoms with Gasteiger partial charge in [0.25, 0.3) is 0 Å². The molecule has 1 heterocycles. The molecule has 4 nitrogen and oxygen atoms in total. The number of rotatable bonds is 5. The Labute approximate surface area is 119 Å². The molecule has 0 aliphatic carbocycles. The van der Waals surface area contributed by atoms with E-state index in [1.54, 1.807) is 7.11 Å². The Hall–Kier alpha value is -2.41. The number of imidazole rings is 1. The number of aromatic nitrogens is 2. The summed E-state index contributed by atoms with van der Waals surface area (Å²) in [5.74, 6) is 4.95. The smallest absolute Gasteiger partial charge is 0.132 e. The van der Waals surface area contributed by atoms with Crippen LogP contribution in [0.2, 0.25) is 0 Å². The first-order valence-electron chi connectivity index (χ1n) is 6.64. The van der Waals surface area contributed by atoms with Crippen molar-refractivity contribution >= 4 is 5.82 Å². The topological polar surface area (TPSA) is 53.1 Å². The predicted octanol–water partition coefficient (Wildman–Crippen LogP) is 2.73. The summed E-state index contributed by atoms with van der Waals surface area (Å²) in [6.07, 6.45) is 7.27. The lowest BCUT2D eigenvalue weighted by Gasteiger charge is -2.05. The molecule has 0 fully saturated rings. The van der Waals surface area contributed by atoms with Gasteiger partial charge in [-0.1, -0.05) is 25.0 Å². The summed E-state index contributed by atoms with van der Waals surface area (Å²) in [5, 5.41) is 0. The van der Waals surface area contributed by atoms with E-state index in [4.69, 9.17) is 16.9 Å². The molecule has 2 rings (SSSR count). The maximum absolute atomic E-state index is 6.21. The first-order valence-corrected chi connectivity index (χ1v) is 6.64. The highest BCUT2D eigenvalue weighted by Crippen LogP contribution is 2.29. The summed E-state index contributed by atoms with van der Waals surface area (Å²) in [6, 6.07) is 7.71. The SMILES string of the molecule is C#CCn1c(CCC)nc(-c2cccc(OC)c2)c1N. The lowest BCUT2D eigenvalue weighted by molar-refractivity contribution is 0.415. The van der Waals surface area contributed by atoms with Crippen molar-refractivity contribution in [3.8, 4) is 29.4 Å². The molecule has 0 radical (unpaired) electrons. The van der Waals surface area contributed by atoms with E-state index in [-0.39, 0.29) is 0 Å². The summed E-state index contributed by atoms with van der Waals surface area (Å²) in [7, 11) is 1.64. The Morgan fingerprint density at radius 2 is 2.25 bits per heavy atom. The summed E-state index contributed by atoms with van der Waals surface area (Å²) >= 11 is 0. The van der Waals surface area contributed by atoms with Crippen LogP contribution in [0.5, 0.6) is 5.75 Å². The maximum atomic E-state index is 6.21. The first-order chi connectivity index (χ1) is 9.71. The van der Waals surface area contributed by atoms with Crippen molar-refractivity contribution < 1.29 is 4.74 Å². The van der Waals surface area contributed by atoms with Crippen LogP contribution in [-0.2, 0) is 13.0 Å². The molecule has 4 heteroatoms. The third-order valence-corrected chi connectivity index (χ3v) is 3.15. The van der Waals surface area contributed by atoms with Crippen molar-refractivity contribution in [2.24, 2.45) is 0 Å². The van der Waals surface area contributed by atoms with Gasteiger partial charge in [0.05, 0.1) is 13.7 Å². The molecule has 1 aromatic heterocycles. The fraction of sp³-hybridized carbons (Fsp3) is 0.312. The minimum atomic E-state index is 0.443. The number of nitrogen functional groups attached to an aromatic ring is 1. The molecule has 0 bridgehead atoms. The van der Waals surface area contributed by atoms with Crippen LogP contribution in [0.15, 0.2) is 24.3 Å². The quantitative estimate of drug-likeness (QED) is 0.849.